The van der Waals surface area contributed by atoms with Crippen LogP contribution in [0.1, 0.15) is 48.2 Å². The van der Waals surface area contributed by atoms with Gasteiger partial charge in [0.25, 0.3) is 5.56 Å². The summed E-state index contributed by atoms with van der Waals surface area (Å²) in [4.78, 5) is 12.4. The normalized spacial score (nSPS) is 12.5. The summed E-state index contributed by atoms with van der Waals surface area (Å²) in [7, 11) is 3.29. The number of hydrogen-bond acceptors (Lipinski definition) is 4. The van der Waals surface area contributed by atoms with E-state index < -0.39 is 6.04 Å². The van der Waals surface area contributed by atoms with Gasteiger partial charge >= 0.3 is 0 Å². The van der Waals surface area contributed by atoms with Crippen molar-refractivity contribution in [1.82, 2.24) is 9.78 Å². The van der Waals surface area contributed by atoms with E-state index in [-0.39, 0.29) is 11.5 Å². The molecule has 0 saturated carbocycles. The molecule has 0 aliphatic heterocycles. The van der Waals surface area contributed by atoms with Crippen LogP contribution in [0.25, 0.3) is 0 Å². The van der Waals surface area contributed by atoms with Crippen molar-refractivity contribution >= 4 is 0 Å². The first-order valence-electron chi connectivity index (χ1n) is 7.33. The number of ether oxygens (including phenoxy) is 1. The molecule has 2 aromatic rings. The van der Waals surface area contributed by atoms with Crippen molar-refractivity contribution in [3.05, 3.63) is 57.0 Å². The minimum atomic E-state index is -0.483. The molecule has 0 bridgehead atoms. The molecule has 2 rings (SSSR count). The lowest BCUT2D eigenvalue weighted by Crippen LogP contribution is -2.30. The van der Waals surface area contributed by atoms with Crippen molar-refractivity contribution in [2.75, 3.05) is 7.11 Å². The van der Waals surface area contributed by atoms with Crippen LogP contribution in [-0.4, -0.2) is 16.9 Å². The molecular weight excluding hydrogens is 278 g/mol. The van der Waals surface area contributed by atoms with Gasteiger partial charge in [-0.25, -0.2) is 4.68 Å². The van der Waals surface area contributed by atoms with Crippen LogP contribution in [0.5, 0.6) is 5.75 Å². The van der Waals surface area contributed by atoms with Gasteiger partial charge in [0, 0.05) is 12.6 Å². The van der Waals surface area contributed by atoms with Crippen LogP contribution in [0, 0.1) is 6.92 Å². The SMILES string of the molecule is COc1ccc(C(N)c2cc(C(C)C)nn(C)c2=O)cc1C. The van der Waals surface area contributed by atoms with Crippen LogP contribution < -0.4 is 16.0 Å². The highest BCUT2D eigenvalue weighted by Gasteiger charge is 2.17. The third-order valence-electron chi connectivity index (χ3n) is 3.81. The fraction of sp³-hybridized carbons (Fsp3) is 0.412. The summed E-state index contributed by atoms with van der Waals surface area (Å²) < 4.78 is 6.62. The maximum Gasteiger partial charge on any atom is 0.271 e. The van der Waals surface area contributed by atoms with Gasteiger partial charge in [0.05, 0.1) is 18.8 Å². The molecule has 0 fully saturated rings. The lowest BCUT2D eigenvalue weighted by molar-refractivity contribution is 0.411. The number of nitrogens with zero attached hydrogens (tertiary/aromatic N) is 2. The van der Waals surface area contributed by atoms with Gasteiger partial charge in [0.1, 0.15) is 5.75 Å². The average Bonchev–Trinajstić information content (AvgIpc) is 2.48. The van der Waals surface area contributed by atoms with Gasteiger partial charge in [-0.3, -0.25) is 4.79 Å². The number of aromatic nitrogens is 2. The van der Waals surface area contributed by atoms with Crippen molar-refractivity contribution in [3.8, 4) is 5.75 Å². The highest BCUT2D eigenvalue weighted by Crippen LogP contribution is 2.25. The molecule has 0 spiro atoms. The third-order valence-corrected chi connectivity index (χ3v) is 3.81. The predicted octanol–water partition coefficient (Wildman–Crippen LogP) is 2.27. The maximum atomic E-state index is 12.4. The number of benzene rings is 1. The molecule has 0 radical (unpaired) electrons. The zero-order valence-electron chi connectivity index (χ0n) is 13.8. The Bertz CT molecular complexity index is 735. The van der Waals surface area contributed by atoms with E-state index in [2.05, 4.69) is 5.10 Å². The quantitative estimate of drug-likeness (QED) is 0.940. The van der Waals surface area contributed by atoms with Gasteiger partial charge in [-0.05, 0) is 36.1 Å². The molecule has 118 valence electrons. The summed E-state index contributed by atoms with van der Waals surface area (Å²) in [6, 6.07) is 7.06. The van der Waals surface area contributed by atoms with Gasteiger partial charge in [-0.1, -0.05) is 26.0 Å². The lowest BCUT2D eigenvalue weighted by Gasteiger charge is -2.16. The Hall–Kier alpha value is -2.14. The van der Waals surface area contributed by atoms with Gasteiger partial charge in [-0.15, -0.1) is 0 Å². The number of rotatable bonds is 4. The second-order valence-electron chi connectivity index (χ2n) is 5.81. The standard InChI is InChI=1S/C17H23N3O2/c1-10(2)14-9-13(17(21)20(4)19-14)16(18)12-6-7-15(22-5)11(3)8-12/h6-10,16H,18H2,1-5H3. The summed E-state index contributed by atoms with van der Waals surface area (Å²) in [6.07, 6.45) is 0. The predicted molar refractivity (Wildman–Crippen MR) is 87.3 cm³/mol. The number of hydrogen-bond donors (Lipinski definition) is 1. The van der Waals surface area contributed by atoms with E-state index in [1.54, 1.807) is 14.2 Å². The minimum Gasteiger partial charge on any atom is -0.496 e. The topological polar surface area (TPSA) is 70.1 Å². The summed E-state index contributed by atoms with van der Waals surface area (Å²) in [5.74, 6) is 1.04. The van der Waals surface area contributed by atoms with E-state index >= 15 is 0 Å². The lowest BCUT2D eigenvalue weighted by atomic mass is 9.97. The summed E-state index contributed by atoms with van der Waals surface area (Å²) in [6.45, 7) is 6.04. The molecule has 2 N–H and O–H groups in total. The van der Waals surface area contributed by atoms with E-state index in [0.29, 0.717) is 5.56 Å². The van der Waals surface area contributed by atoms with E-state index in [9.17, 15) is 4.79 Å². The molecule has 0 aliphatic carbocycles. The number of aryl methyl sites for hydroxylation is 2. The second kappa shape index (κ2) is 6.32. The smallest absolute Gasteiger partial charge is 0.271 e. The summed E-state index contributed by atoms with van der Waals surface area (Å²) in [5.41, 5.74) is 9.47. The van der Waals surface area contributed by atoms with Crippen molar-refractivity contribution in [3.63, 3.8) is 0 Å². The van der Waals surface area contributed by atoms with Crippen molar-refractivity contribution in [1.29, 1.82) is 0 Å². The monoisotopic (exact) mass is 301 g/mol. The molecule has 1 aromatic carbocycles. The molecule has 5 heteroatoms. The first-order valence-corrected chi connectivity index (χ1v) is 7.33. The Balaban J connectivity index is 2.51. The highest BCUT2D eigenvalue weighted by atomic mass is 16.5. The highest BCUT2D eigenvalue weighted by molar-refractivity contribution is 5.40. The van der Waals surface area contributed by atoms with E-state index in [0.717, 1.165) is 22.6 Å². The summed E-state index contributed by atoms with van der Waals surface area (Å²) in [5, 5.41) is 4.28. The number of nitrogens with two attached hydrogens (primary N) is 1. The zero-order valence-corrected chi connectivity index (χ0v) is 13.8. The van der Waals surface area contributed by atoms with Crippen LogP contribution in [0.15, 0.2) is 29.1 Å². The Morgan fingerprint density at radius 1 is 1.27 bits per heavy atom. The molecule has 0 saturated heterocycles. The number of methoxy groups -OCH3 is 1. The Morgan fingerprint density at radius 2 is 1.95 bits per heavy atom. The van der Waals surface area contributed by atoms with E-state index in [1.165, 1.54) is 4.68 Å². The fourth-order valence-corrected chi connectivity index (χ4v) is 2.43. The fourth-order valence-electron chi connectivity index (χ4n) is 2.43. The Kier molecular flexibility index (Phi) is 4.66. The van der Waals surface area contributed by atoms with Crippen molar-refractivity contribution < 1.29 is 4.74 Å². The molecular formula is C17H23N3O2. The largest absolute Gasteiger partial charge is 0.496 e. The Labute approximate surface area is 130 Å². The molecule has 0 amide bonds. The van der Waals surface area contributed by atoms with Gasteiger partial charge in [0.2, 0.25) is 0 Å². The van der Waals surface area contributed by atoms with Crippen LogP contribution in [-0.2, 0) is 7.05 Å². The van der Waals surface area contributed by atoms with Gasteiger partial charge in [0.15, 0.2) is 0 Å². The van der Waals surface area contributed by atoms with Gasteiger partial charge in [-0.2, -0.15) is 5.10 Å². The molecule has 5 nitrogen and oxygen atoms in total. The first kappa shape index (κ1) is 16.2. The van der Waals surface area contributed by atoms with Crippen molar-refractivity contribution in [2.45, 2.75) is 32.7 Å². The molecule has 1 heterocycles. The summed E-state index contributed by atoms with van der Waals surface area (Å²) >= 11 is 0. The maximum absolute atomic E-state index is 12.4. The molecule has 0 aliphatic rings. The van der Waals surface area contributed by atoms with Crippen LogP contribution in [0.3, 0.4) is 0 Å². The third kappa shape index (κ3) is 3.04. The molecule has 22 heavy (non-hydrogen) atoms. The average molecular weight is 301 g/mol. The Morgan fingerprint density at radius 3 is 2.50 bits per heavy atom. The van der Waals surface area contributed by atoms with Crippen LogP contribution >= 0.6 is 0 Å². The molecule has 1 aromatic heterocycles. The van der Waals surface area contributed by atoms with E-state index in [1.807, 2.05) is 45.0 Å². The van der Waals surface area contributed by atoms with E-state index in [4.69, 9.17) is 10.5 Å². The minimum absolute atomic E-state index is 0.162. The van der Waals surface area contributed by atoms with Crippen LogP contribution in [0.2, 0.25) is 0 Å². The van der Waals surface area contributed by atoms with Gasteiger partial charge < -0.3 is 10.5 Å². The first-order chi connectivity index (χ1) is 10.3. The molecule has 1 atom stereocenters. The van der Waals surface area contributed by atoms with Crippen LogP contribution in [0.4, 0.5) is 0 Å². The second-order valence-corrected chi connectivity index (χ2v) is 5.81. The van der Waals surface area contributed by atoms with Crippen molar-refractivity contribution in [2.24, 2.45) is 12.8 Å². The zero-order chi connectivity index (χ0) is 16.4. The molecule has 1 unspecified atom stereocenters.